The summed E-state index contributed by atoms with van der Waals surface area (Å²) < 4.78 is 0. The Hall–Kier alpha value is -1.77. The van der Waals surface area contributed by atoms with Gasteiger partial charge in [0.05, 0.1) is 12.1 Å². The maximum Gasteiger partial charge on any atom is 0.0841 e. The van der Waals surface area contributed by atoms with Crippen molar-refractivity contribution in [3.8, 4) is 0 Å². The summed E-state index contributed by atoms with van der Waals surface area (Å²) in [5.41, 5.74) is 11.5. The molecule has 0 unspecified atom stereocenters. The van der Waals surface area contributed by atoms with E-state index in [-0.39, 0.29) is 6.04 Å². The minimum atomic E-state index is -0.647. The quantitative estimate of drug-likeness (QED) is 0.460. The summed E-state index contributed by atoms with van der Waals surface area (Å²) >= 11 is 0. The molecule has 0 saturated carbocycles. The third-order valence-electron chi connectivity index (χ3n) is 3.02. The number of hydrogen-bond acceptors (Lipinski definition) is 2. The van der Waals surface area contributed by atoms with E-state index in [1.807, 2.05) is 37.3 Å². The predicted molar refractivity (Wildman–Crippen MR) is 62.6 cm³/mol. The highest BCUT2D eigenvalue weighted by Crippen LogP contribution is 2.35. The highest BCUT2D eigenvalue weighted by atomic mass is 16.3. The lowest BCUT2D eigenvalue weighted by molar-refractivity contribution is 0.191. The minimum Gasteiger partial charge on any atom is -0.388 e. The lowest BCUT2D eigenvalue weighted by Gasteiger charge is -2.08. The molecule has 0 saturated heterocycles. The first-order valence-corrected chi connectivity index (χ1v) is 5.21. The number of benzene rings is 1. The van der Waals surface area contributed by atoms with Crippen molar-refractivity contribution in [1.29, 1.82) is 0 Å². The number of hydrogen-bond donors (Lipinski definition) is 1. The van der Waals surface area contributed by atoms with Gasteiger partial charge in [0.25, 0.3) is 0 Å². The van der Waals surface area contributed by atoms with Crippen LogP contribution in [0.25, 0.3) is 16.0 Å². The van der Waals surface area contributed by atoms with E-state index in [4.69, 9.17) is 5.53 Å². The second kappa shape index (κ2) is 4.39. The van der Waals surface area contributed by atoms with Gasteiger partial charge in [0, 0.05) is 4.91 Å². The van der Waals surface area contributed by atoms with Crippen LogP contribution in [0.15, 0.2) is 41.0 Å². The molecule has 82 valence electrons. The smallest absolute Gasteiger partial charge is 0.0841 e. The first-order valence-electron chi connectivity index (χ1n) is 5.21. The van der Waals surface area contributed by atoms with Gasteiger partial charge < -0.3 is 5.11 Å². The van der Waals surface area contributed by atoms with Gasteiger partial charge in [-0.15, -0.1) is 0 Å². The summed E-state index contributed by atoms with van der Waals surface area (Å²) in [4.78, 5) is 2.77. The molecule has 4 nitrogen and oxygen atoms in total. The fourth-order valence-electron chi connectivity index (χ4n) is 2.10. The van der Waals surface area contributed by atoms with Gasteiger partial charge in [-0.1, -0.05) is 35.4 Å². The average Bonchev–Trinajstić information content (AvgIpc) is 2.59. The van der Waals surface area contributed by atoms with E-state index in [9.17, 15) is 5.11 Å². The van der Waals surface area contributed by atoms with E-state index in [1.165, 1.54) is 0 Å². The van der Waals surface area contributed by atoms with E-state index in [0.717, 1.165) is 16.7 Å². The van der Waals surface area contributed by atoms with Crippen molar-refractivity contribution in [3.63, 3.8) is 0 Å². The monoisotopic (exact) mass is 215 g/mol. The summed E-state index contributed by atoms with van der Waals surface area (Å²) in [6.45, 7) is 1.89. The number of rotatable bonds is 2. The second-order valence-corrected chi connectivity index (χ2v) is 3.95. The first kappa shape index (κ1) is 10.7. The molecule has 1 aromatic carbocycles. The van der Waals surface area contributed by atoms with E-state index in [2.05, 4.69) is 10.0 Å². The van der Waals surface area contributed by atoms with Crippen LogP contribution in [0.2, 0.25) is 0 Å². The standard InChI is InChI=1S/C12H13N3O/c1-8-10(9-5-3-2-4-6-9)7-11(12(8)16)14-15-13/h2-6,11-12,16H,7H2,1H3/t11-,12-/m0/s1. The van der Waals surface area contributed by atoms with Gasteiger partial charge in [0.2, 0.25) is 0 Å². The van der Waals surface area contributed by atoms with E-state index in [1.54, 1.807) is 0 Å². The van der Waals surface area contributed by atoms with Crippen LogP contribution in [0.1, 0.15) is 18.9 Å². The lowest BCUT2D eigenvalue weighted by Crippen LogP contribution is -2.18. The number of nitrogens with zero attached hydrogens (tertiary/aromatic N) is 3. The molecule has 0 fully saturated rings. The summed E-state index contributed by atoms with van der Waals surface area (Å²) in [7, 11) is 0. The zero-order valence-electron chi connectivity index (χ0n) is 9.04. The van der Waals surface area contributed by atoms with Crippen molar-refractivity contribution in [1.82, 2.24) is 0 Å². The van der Waals surface area contributed by atoms with Gasteiger partial charge in [-0.3, -0.25) is 0 Å². The molecule has 0 amide bonds. The predicted octanol–water partition coefficient (Wildman–Crippen LogP) is 2.90. The van der Waals surface area contributed by atoms with Crippen LogP contribution in [0.5, 0.6) is 0 Å². The maximum atomic E-state index is 9.90. The average molecular weight is 215 g/mol. The van der Waals surface area contributed by atoms with Gasteiger partial charge in [-0.25, -0.2) is 0 Å². The van der Waals surface area contributed by atoms with Crippen molar-refractivity contribution in [2.24, 2.45) is 5.11 Å². The number of azide groups is 1. The van der Waals surface area contributed by atoms with Crippen LogP contribution < -0.4 is 0 Å². The number of aliphatic hydroxyl groups excluding tert-OH is 1. The Morgan fingerprint density at radius 3 is 2.69 bits per heavy atom. The van der Waals surface area contributed by atoms with Crippen molar-refractivity contribution >= 4 is 5.57 Å². The molecule has 1 aliphatic carbocycles. The molecule has 4 heteroatoms. The molecule has 0 aromatic heterocycles. The summed E-state index contributed by atoms with van der Waals surface area (Å²) in [6, 6.07) is 9.52. The molecule has 2 atom stereocenters. The van der Waals surface area contributed by atoms with E-state index in [0.29, 0.717) is 6.42 Å². The highest BCUT2D eigenvalue weighted by molar-refractivity contribution is 5.72. The first-order chi connectivity index (χ1) is 7.74. The van der Waals surface area contributed by atoms with Crippen molar-refractivity contribution in [2.45, 2.75) is 25.5 Å². The largest absolute Gasteiger partial charge is 0.388 e. The van der Waals surface area contributed by atoms with Gasteiger partial charge in [0.1, 0.15) is 0 Å². The van der Waals surface area contributed by atoms with Crippen LogP contribution >= 0.6 is 0 Å². The Kier molecular flexibility index (Phi) is 2.95. The van der Waals surface area contributed by atoms with Crippen molar-refractivity contribution in [3.05, 3.63) is 51.9 Å². The molecule has 0 heterocycles. The maximum absolute atomic E-state index is 9.90. The third-order valence-corrected chi connectivity index (χ3v) is 3.02. The van der Waals surface area contributed by atoms with Gasteiger partial charge in [-0.2, -0.15) is 0 Å². The molecule has 0 radical (unpaired) electrons. The molecule has 0 aliphatic heterocycles. The van der Waals surface area contributed by atoms with Gasteiger partial charge in [0.15, 0.2) is 0 Å². The van der Waals surface area contributed by atoms with Crippen LogP contribution in [0, 0.1) is 0 Å². The minimum absolute atomic E-state index is 0.361. The van der Waals surface area contributed by atoms with Crippen LogP contribution in [0.4, 0.5) is 0 Å². The molecule has 0 bridgehead atoms. The molecule has 1 aliphatic rings. The lowest BCUT2D eigenvalue weighted by atomic mass is 10.0. The summed E-state index contributed by atoms with van der Waals surface area (Å²) in [5, 5.41) is 13.5. The summed E-state index contributed by atoms with van der Waals surface area (Å²) in [5.74, 6) is 0. The topological polar surface area (TPSA) is 69.0 Å². The fraction of sp³-hybridized carbons (Fsp3) is 0.333. The molecule has 1 N–H and O–H groups in total. The van der Waals surface area contributed by atoms with Crippen LogP contribution in [-0.4, -0.2) is 17.3 Å². The number of aliphatic hydroxyl groups is 1. The van der Waals surface area contributed by atoms with Crippen LogP contribution in [-0.2, 0) is 0 Å². The molecular weight excluding hydrogens is 202 g/mol. The fourth-order valence-corrected chi connectivity index (χ4v) is 2.10. The molecule has 2 rings (SSSR count). The summed E-state index contributed by atoms with van der Waals surface area (Å²) in [6.07, 6.45) is -0.0349. The van der Waals surface area contributed by atoms with Crippen LogP contribution in [0.3, 0.4) is 0 Å². The normalized spacial score (nSPS) is 24.4. The van der Waals surface area contributed by atoms with E-state index >= 15 is 0 Å². The Morgan fingerprint density at radius 2 is 2.06 bits per heavy atom. The van der Waals surface area contributed by atoms with Gasteiger partial charge in [-0.05, 0) is 35.6 Å². The SMILES string of the molecule is CC1=C(c2ccccc2)C[C@H](N=[N+]=[N-])[C@H]1O. The molecule has 0 spiro atoms. The zero-order valence-corrected chi connectivity index (χ0v) is 9.04. The van der Waals surface area contributed by atoms with E-state index < -0.39 is 6.10 Å². The van der Waals surface area contributed by atoms with Crippen molar-refractivity contribution in [2.75, 3.05) is 0 Å². The third kappa shape index (κ3) is 1.81. The molecule has 1 aromatic rings. The Balaban J connectivity index is 2.33. The Morgan fingerprint density at radius 1 is 1.38 bits per heavy atom. The Labute approximate surface area is 93.9 Å². The van der Waals surface area contributed by atoms with Gasteiger partial charge >= 0.3 is 0 Å². The highest BCUT2D eigenvalue weighted by Gasteiger charge is 2.30. The Bertz CT molecular complexity index is 460. The van der Waals surface area contributed by atoms with Crippen molar-refractivity contribution < 1.29 is 5.11 Å². The zero-order chi connectivity index (χ0) is 11.5. The molecule has 16 heavy (non-hydrogen) atoms. The second-order valence-electron chi connectivity index (χ2n) is 3.95. The molecular formula is C12H13N3O.